The molecule has 0 saturated heterocycles. The van der Waals surface area contributed by atoms with Gasteiger partial charge in [-0.15, -0.1) is 0 Å². The summed E-state index contributed by atoms with van der Waals surface area (Å²) in [6.07, 6.45) is 0.0410. The molecule has 0 fully saturated rings. The third kappa shape index (κ3) is 4.24. The Kier molecular flexibility index (Phi) is 6.33. The molecule has 0 aliphatic rings. The average Bonchev–Trinajstić information content (AvgIpc) is 2.70. The van der Waals surface area contributed by atoms with Gasteiger partial charge in [-0.3, -0.25) is 4.72 Å². The number of benzene rings is 2. The number of anilines is 1. The number of hydrogen-bond acceptors (Lipinski definition) is 5. The van der Waals surface area contributed by atoms with Gasteiger partial charge in [0.15, 0.2) is 39.7 Å². The lowest BCUT2D eigenvalue weighted by Gasteiger charge is -2.11. The lowest BCUT2D eigenvalue weighted by atomic mass is 10.1. The second-order valence-electron chi connectivity index (χ2n) is 5.28. The molecule has 0 atom stereocenters. The van der Waals surface area contributed by atoms with Gasteiger partial charge in [0, 0.05) is 6.07 Å². The van der Waals surface area contributed by atoms with E-state index in [0.717, 1.165) is 6.07 Å². The number of nitrogens with one attached hydrogen (secondary N) is 1. The number of nitriles is 1. The van der Waals surface area contributed by atoms with Crippen LogP contribution in [0.25, 0.3) is 6.08 Å². The number of halogens is 5. The average molecular weight is 434 g/mol. The lowest BCUT2D eigenvalue weighted by Crippen LogP contribution is -2.15. The number of sulfonamides is 1. The zero-order chi connectivity index (χ0) is 21.9. The summed E-state index contributed by atoms with van der Waals surface area (Å²) >= 11 is 0. The SMILES string of the molecule is COc1ccc(NS(=O)(=O)/C(C#N)=C\c2c(F)c(F)c(F)c(F)c2F)cc1OC. The molecule has 0 saturated carbocycles. The summed E-state index contributed by atoms with van der Waals surface area (Å²) in [6, 6.07) is 4.90. The van der Waals surface area contributed by atoms with E-state index >= 15 is 0 Å². The molecule has 0 amide bonds. The van der Waals surface area contributed by atoms with Crippen LogP contribution in [0.4, 0.5) is 27.6 Å². The molecule has 2 aromatic carbocycles. The molecule has 12 heteroatoms. The van der Waals surface area contributed by atoms with E-state index < -0.39 is 49.6 Å². The molecule has 0 spiro atoms. The maximum atomic E-state index is 13.8. The third-order valence-corrected chi connectivity index (χ3v) is 4.85. The first-order valence-electron chi connectivity index (χ1n) is 7.45. The highest BCUT2D eigenvalue weighted by molar-refractivity contribution is 7.96. The monoisotopic (exact) mass is 434 g/mol. The molecule has 2 rings (SSSR count). The van der Waals surface area contributed by atoms with Gasteiger partial charge in [0.1, 0.15) is 6.07 Å². The number of methoxy groups -OCH3 is 2. The summed E-state index contributed by atoms with van der Waals surface area (Å²) in [5, 5.41) is 9.07. The van der Waals surface area contributed by atoms with Crippen molar-refractivity contribution in [3.05, 3.63) is 57.8 Å². The van der Waals surface area contributed by atoms with Gasteiger partial charge in [-0.05, 0) is 18.2 Å². The lowest BCUT2D eigenvalue weighted by molar-refractivity contribution is 0.355. The van der Waals surface area contributed by atoms with Crippen LogP contribution in [-0.2, 0) is 10.0 Å². The van der Waals surface area contributed by atoms with E-state index in [9.17, 15) is 30.4 Å². The van der Waals surface area contributed by atoms with E-state index in [1.54, 1.807) is 0 Å². The van der Waals surface area contributed by atoms with E-state index in [2.05, 4.69) is 0 Å². The van der Waals surface area contributed by atoms with Crippen molar-refractivity contribution in [3.63, 3.8) is 0 Å². The number of allylic oxidation sites excluding steroid dienone is 1. The largest absolute Gasteiger partial charge is 0.493 e. The van der Waals surface area contributed by atoms with Gasteiger partial charge in [0.25, 0.3) is 10.0 Å². The molecule has 0 aliphatic carbocycles. The Bertz CT molecular complexity index is 1110. The van der Waals surface area contributed by atoms with Crippen LogP contribution in [0.5, 0.6) is 11.5 Å². The summed E-state index contributed by atoms with van der Waals surface area (Å²) < 4.78 is 104. The van der Waals surface area contributed by atoms with Crippen molar-refractivity contribution >= 4 is 21.8 Å². The van der Waals surface area contributed by atoms with Crippen LogP contribution in [0, 0.1) is 40.4 Å². The molecule has 154 valence electrons. The van der Waals surface area contributed by atoms with Gasteiger partial charge < -0.3 is 9.47 Å². The van der Waals surface area contributed by atoms with Gasteiger partial charge >= 0.3 is 0 Å². The first-order chi connectivity index (χ1) is 13.6. The first-order valence-corrected chi connectivity index (χ1v) is 8.93. The highest BCUT2D eigenvalue weighted by atomic mass is 32.2. The second-order valence-corrected chi connectivity index (χ2v) is 6.93. The van der Waals surface area contributed by atoms with Crippen LogP contribution in [0.1, 0.15) is 5.56 Å². The molecule has 0 bridgehead atoms. The second kappa shape index (κ2) is 8.36. The summed E-state index contributed by atoms with van der Waals surface area (Å²) in [5.74, 6) is -11.2. The number of rotatable bonds is 6. The van der Waals surface area contributed by atoms with Gasteiger partial charge in [-0.1, -0.05) is 0 Å². The number of hydrogen-bond donors (Lipinski definition) is 1. The zero-order valence-corrected chi connectivity index (χ0v) is 15.5. The Balaban J connectivity index is 2.53. The Morgan fingerprint density at radius 1 is 0.966 bits per heavy atom. The van der Waals surface area contributed by atoms with Crippen LogP contribution in [0.2, 0.25) is 0 Å². The fourth-order valence-corrected chi connectivity index (χ4v) is 3.10. The Hall–Kier alpha value is -3.33. The molecule has 0 aromatic heterocycles. The van der Waals surface area contributed by atoms with Gasteiger partial charge in [-0.25, -0.2) is 30.4 Å². The van der Waals surface area contributed by atoms with Crippen molar-refractivity contribution < 1.29 is 39.8 Å². The maximum absolute atomic E-state index is 13.8. The minimum absolute atomic E-state index is 0.0410. The topological polar surface area (TPSA) is 88.4 Å². The van der Waals surface area contributed by atoms with E-state index in [1.165, 1.54) is 32.4 Å². The predicted octanol–water partition coefficient (Wildman–Crippen LogP) is 3.71. The third-order valence-electron chi connectivity index (χ3n) is 3.55. The van der Waals surface area contributed by atoms with Crippen LogP contribution >= 0.6 is 0 Å². The Morgan fingerprint density at radius 3 is 1.97 bits per heavy atom. The fraction of sp³-hybridized carbons (Fsp3) is 0.118. The van der Waals surface area contributed by atoms with Crippen LogP contribution in [0.3, 0.4) is 0 Å². The molecule has 1 N–H and O–H groups in total. The van der Waals surface area contributed by atoms with E-state index in [-0.39, 0.29) is 23.3 Å². The fourth-order valence-electron chi connectivity index (χ4n) is 2.16. The number of nitrogens with zero attached hydrogens (tertiary/aromatic N) is 1. The summed E-state index contributed by atoms with van der Waals surface area (Å²) in [7, 11) is -2.14. The summed E-state index contributed by atoms with van der Waals surface area (Å²) in [6.45, 7) is 0. The molecular formula is C17H11F5N2O4S. The summed E-state index contributed by atoms with van der Waals surface area (Å²) in [4.78, 5) is -1.30. The minimum Gasteiger partial charge on any atom is -0.493 e. The van der Waals surface area contributed by atoms with E-state index in [0.29, 0.717) is 0 Å². The smallest absolute Gasteiger partial charge is 0.272 e. The van der Waals surface area contributed by atoms with Crippen molar-refractivity contribution in [1.82, 2.24) is 0 Å². The van der Waals surface area contributed by atoms with Gasteiger partial charge in [-0.2, -0.15) is 5.26 Å². The minimum atomic E-state index is -4.76. The van der Waals surface area contributed by atoms with Gasteiger partial charge in [0.2, 0.25) is 5.82 Å². The maximum Gasteiger partial charge on any atom is 0.272 e. The van der Waals surface area contributed by atoms with Crippen LogP contribution in [0.15, 0.2) is 23.1 Å². The van der Waals surface area contributed by atoms with Crippen LogP contribution in [-0.4, -0.2) is 22.6 Å². The van der Waals surface area contributed by atoms with E-state index in [1.807, 2.05) is 4.72 Å². The van der Waals surface area contributed by atoms with Crippen molar-refractivity contribution in [2.45, 2.75) is 0 Å². The normalized spacial score (nSPS) is 11.7. The van der Waals surface area contributed by atoms with Gasteiger partial charge in [0.05, 0.1) is 25.5 Å². The predicted molar refractivity (Wildman–Crippen MR) is 91.9 cm³/mol. The Morgan fingerprint density at radius 2 is 1.48 bits per heavy atom. The summed E-state index contributed by atoms with van der Waals surface area (Å²) in [5.41, 5.74) is -1.70. The molecule has 0 unspecified atom stereocenters. The molecule has 2 aromatic rings. The van der Waals surface area contributed by atoms with Crippen molar-refractivity contribution in [2.24, 2.45) is 0 Å². The molecule has 29 heavy (non-hydrogen) atoms. The highest BCUT2D eigenvalue weighted by Crippen LogP contribution is 2.31. The van der Waals surface area contributed by atoms with Crippen molar-refractivity contribution in [3.8, 4) is 17.6 Å². The molecular weight excluding hydrogens is 423 g/mol. The Labute approximate surface area is 161 Å². The quantitative estimate of drug-likeness (QED) is 0.324. The molecule has 0 heterocycles. The first kappa shape index (κ1) is 22.0. The van der Waals surface area contributed by atoms with E-state index in [4.69, 9.17) is 14.7 Å². The highest BCUT2D eigenvalue weighted by Gasteiger charge is 2.27. The van der Waals surface area contributed by atoms with Crippen LogP contribution < -0.4 is 14.2 Å². The molecule has 0 aliphatic heterocycles. The standard InChI is InChI=1S/C17H11F5N2O4S/c1-27-11-4-3-8(5-12(11)28-2)24-29(25,26)9(7-23)6-10-13(18)15(20)17(22)16(21)14(10)19/h3-6,24H,1-2H3/b9-6-. The molecule has 6 nitrogen and oxygen atoms in total. The van der Waals surface area contributed by atoms with Crippen molar-refractivity contribution in [2.75, 3.05) is 18.9 Å². The zero-order valence-electron chi connectivity index (χ0n) is 14.7. The van der Waals surface area contributed by atoms with Crippen molar-refractivity contribution in [1.29, 1.82) is 5.26 Å². The number of ether oxygens (including phenoxy) is 2. The molecule has 0 radical (unpaired) electrons.